The Morgan fingerprint density at radius 1 is 1.31 bits per heavy atom. The molecule has 2 aromatic heterocycles. The molecule has 0 radical (unpaired) electrons. The SMILES string of the molecule is O=c1c(Br)cc(Br)cn1CCn1ccnc1. The van der Waals surface area contributed by atoms with Crippen LogP contribution < -0.4 is 5.56 Å². The van der Waals surface area contributed by atoms with Crippen molar-refractivity contribution in [3.63, 3.8) is 0 Å². The zero-order chi connectivity index (χ0) is 11.5. The maximum Gasteiger partial charge on any atom is 0.264 e. The van der Waals surface area contributed by atoms with E-state index in [2.05, 4.69) is 36.8 Å². The Morgan fingerprint density at radius 2 is 2.12 bits per heavy atom. The standard InChI is InChI=1S/C10H9Br2N3O/c11-8-5-9(12)10(16)15(6-8)4-3-14-2-1-13-7-14/h1-2,5-7H,3-4H2. The molecule has 0 spiro atoms. The first-order valence-corrected chi connectivity index (χ1v) is 6.26. The molecule has 0 unspecified atom stereocenters. The lowest BCUT2D eigenvalue weighted by molar-refractivity contribution is 0.562. The van der Waals surface area contributed by atoms with E-state index in [9.17, 15) is 4.79 Å². The molecule has 0 saturated heterocycles. The molecular weight excluding hydrogens is 338 g/mol. The molecule has 0 aliphatic heterocycles. The maximum atomic E-state index is 11.8. The van der Waals surface area contributed by atoms with E-state index < -0.39 is 0 Å². The van der Waals surface area contributed by atoms with Crippen LogP contribution in [0, 0.1) is 0 Å². The Balaban J connectivity index is 2.18. The van der Waals surface area contributed by atoms with E-state index in [1.807, 2.05) is 10.8 Å². The van der Waals surface area contributed by atoms with E-state index in [4.69, 9.17) is 0 Å². The van der Waals surface area contributed by atoms with Gasteiger partial charge in [0, 0.05) is 36.2 Å². The van der Waals surface area contributed by atoms with Crippen LogP contribution in [0.25, 0.3) is 0 Å². The third-order valence-corrected chi connectivity index (χ3v) is 3.17. The Morgan fingerprint density at radius 3 is 2.81 bits per heavy atom. The fourth-order valence-electron chi connectivity index (χ4n) is 1.37. The van der Waals surface area contributed by atoms with Gasteiger partial charge in [-0.1, -0.05) is 0 Å². The predicted octanol–water partition coefficient (Wildman–Crippen LogP) is 2.27. The fraction of sp³-hybridized carbons (Fsp3) is 0.200. The molecule has 0 aromatic carbocycles. The van der Waals surface area contributed by atoms with Gasteiger partial charge in [0.25, 0.3) is 5.56 Å². The van der Waals surface area contributed by atoms with Gasteiger partial charge in [-0.15, -0.1) is 0 Å². The molecule has 0 bridgehead atoms. The average molecular weight is 347 g/mol. The summed E-state index contributed by atoms with van der Waals surface area (Å²) in [7, 11) is 0. The summed E-state index contributed by atoms with van der Waals surface area (Å²) in [6.07, 6.45) is 7.11. The molecule has 0 aliphatic carbocycles. The Labute approximate surface area is 109 Å². The van der Waals surface area contributed by atoms with Gasteiger partial charge in [0.05, 0.1) is 10.8 Å². The van der Waals surface area contributed by atoms with Gasteiger partial charge in [-0.05, 0) is 37.9 Å². The van der Waals surface area contributed by atoms with Crippen LogP contribution in [0.3, 0.4) is 0 Å². The summed E-state index contributed by atoms with van der Waals surface area (Å²) in [5.74, 6) is 0. The molecule has 84 valence electrons. The average Bonchev–Trinajstić information content (AvgIpc) is 2.74. The van der Waals surface area contributed by atoms with E-state index in [0.29, 0.717) is 11.0 Å². The van der Waals surface area contributed by atoms with Gasteiger partial charge in [0.1, 0.15) is 0 Å². The molecule has 0 N–H and O–H groups in total. The molecular formula is C10H9Br2N3O. The van der Waals surface area contributed by atoms with E-state index in [1.54, 1.807) is 29.4 Å². The molecule has 0 atom stereocenters. The second kappa shape index (κ2) is 4.97. The third kappa shape index (κ3) is 2.62. The summed E-state index contributed by atoms with van der Waals surface area (Å²) < 4.78 is 5.03. The molecule has 6 heteroatoms. The minimum atomic E-state index is -0.0247. The predicted molar refractivity (Wildman–Crippen MR) is 68.3 cm³/mol. The van der Waals surface area contributed by atoms with Gasteiger partial charge < -0.3 is 9.13 Å². The second-order valence-electron chi connectivity index (χ2n) is 3.31. The van der Waals surface area contributed by atoms with Crippen molar-refractivity contribution < 1.29 is 0 Å². The molecule has 2 aromatic rings. The number of pyridine rings is 1. The smallest absolute Gasteiger partial charge is 0.264 e. The molecule has 2 heterocycles. The summed E-state index contributed by atoms with van der Waals surface area (Å²) in [6, 6.07) is 1.75. The van der Waals surface area contributed by atoms with Crippen LogP contribution in [0.15, 0.2) is 44.7 Å². The second-order valence-corrected chi connectivity index (χ2v) is 5.08. The first kappa shape index (κ1) is 11.6. The van der Waals surface area contributed by atoms with Crippen molar-refractivity contribution in [2.45, 2.75) is 13.1 Å². The number of nitrogens with zero attached hydrogens (tertiary/aromatic N) is 3. The Bertz CT molecular complexity index is 533. The van der Waals surface area contributed by atoms with Crippen molar-refractivity contribution in [1.82, 2.24) is 14.1 Å². The molecule has 16 heavy (non-hydrogen) atoms. The van der Waals surface area contributed by atoms with Crippen molar-refractivity contribution in [3.8, 4) is 0 Å². The normalized spacial score (nSPS) is 10.6. The monoisotopic (exact) mass is 345 g/mol. The highest BCUT2D eigenvalue weighted by Crippen LogP contribution is 2.12. The zero-order valence-electron chi connectivity index (χ0n) is 8.31. The van der Waals surface area contributed by atoms with Gasteiger partial charge in [-0.2, -0.15) is 0 Å². The van der Waals surface area contributed by atoms with Crippen molar-refractivity contribution in [2.75, 3.05) is 0 Å². The highest BCUT2D eigenvalue weighted by molar-refractivity contribution is 9.11. The number of aromatic nitrogens is 3. The third-order valence-electron chi connectivity index (χ3n) is 2.17. The van der Waals surface area contributed by atoms with Crippen LogP contribution in [-0.4, -0.2) is 14.1 Å². The minimum absolute atomic E-state index is 0.0247. The number of imidazole rings is 1. The zero-order valence-corrected chi connectivity index (χ0v) is 11.5. The van der Waals surface area contributed by atoms with Crippen molar-refractivity contribution >= 4 is 31.9 Å². The minimum Gasteiger partial charge on any atom is -0.336 e. The number of halogens is 2. The first-order chi connectivity index (χ1) is 7.66. The summed E-state index contributed by atoms with van der Waals surface area (Å²) in [5, 5.41) is 0. The van der Waals surface area contributed by atoms with E-state index in [0.717, 1.165) is 11.0 Å². The first-order valence-electron chi connectivity index (χ1n) is 4.68. The van der Waals surface area contributed by atoms with Gasteiger partial charge in [0.2, 0.25) is 0 Å². The number of rotatable bonds is 3. The molecule has 4 nitrogen and oxygen atoms in total. The Kier molecular flexibility index (Phi) is 3.60. The van der Waals surface area contributed by atoms with Crippen LogP contribution in [0.4, 0.5) is 0 Å². The van der Waals surface area contributed by atoms with Crippen LogP contribution in [0.5, 0.6) is 0 Å². The summed E-state index contributed by atoms with van der Waals surface area (Å²) in [5.41, 5.74) is -0.0247. The highest BCUT2D eigenvalue weighted by atomic mass is 79.9. The van der Waals surface area contributed by atoms with E-state index in [-0.39, 0.29) is 5.56 Å². The summed E-state index contributed by atoms with van der Waals surface area (Å²) >= 11 is 6.59. The molecule has 2 rings (SSSR count). The molecule has 0 saturated carbocycles. The molecule has 0 amide bonds. The van der Waals surface area contributed by atoms with E-state index >= 15 is 0 Å². The highest BCUT2D eigenvalue weighted by Gasteiger charge is 2.02. The Hall–Kier alpha value is -0.880. The molecule has 0 aliphatic rings. The largest absolute Gasteiger partial charge is 0.336 e. The summed E-state index contributed by atoms with van der Waals surface area (Å²) in [6.45, 7) is 1.34. The van der Waals surface area contributed by atoms with Gasteiger partial charge in [-0.3, -0.25) is 4.79 Å². The molecule has 0 fully saturated rings. The number of aryl methyl sites for hydroxylation is 2. The fourth-order valence-corrected chi connectivity index (χ4v) is 2.63. The van der Waals surface area contributed by atoms with Crippen LogP contribution in [0.1, 0.15) is 0 Å². The van der Waals surface area contributed by atoms with Crippen LogP contribution in [0.2, 0.25) is 0 Å². The lowest BCUT2D eigenvalue weighted by Gasteiger charge is -2.07. The van der Waals surface area contributed by atoms with Crippen LogP contribution in [-0.2, 0) is 13.1 Å². The van der Waals surface area contributed by atoms with E-state index in [1.165, 1.54) is 0 Å². The van der Waals surface area contributed by atoms with Crippen LogP contribution >= 0.6 is 31.9 Å². The quantitative estimate of drug-likeness (QED) is 0.855. The number of hydrogen-bond acceptors (Lipinski definition) is 2. The van der Waals surface area contributed by atoms with Gasteiger partial charge in [0.15, 0.2) is 0 Å². The van der Waals surface area contributed by atoms with Crippen molar-refractivity contribution in [1.29, 1.82) is 0 Å². The maximum absolute atomic E-state index is 11.8. The topological polar surface area (TPSA) is 39.8 Å². The van der Waals surface area contributed by atoms with Gasteiger partial charge in [-0.25, -0.2) is 4.98 Å². The van der Waals surface area contributed by atoms with Crippen molar-refractivity contribution in [2.24, 2.45) is 0 Å². The lowest BCUT2D eigenvalue weighted by atomic mass is 10.4. The lowest BCUT2D eigenvalue weighted by Crippen LogP contribution is -2.22. The summed E-state index contributed by atoms with van der Waals surface area (Å²) in [4.78, 5) is 15.7. The van der Waals surface area contributed by atoms with Gasteiger partial charge >= 0.3 is 0 Å². The number of hydrogen-bond donors (Lipinski definition) is 0. The van der Waals surface area contributed by atoms with Crippen molar-refractivity contribution in [3.05, 3.63) is 50.3 Å².